The number of esters is 2. The van der Waals surface area contributed by atoms with E-state index in [9.17, 15) is 9.59 Å². The molecular formula is C29H20N2O4. The van der Waals surface area contributed by atoms with Crippen molar-refractivity contribution in [1.29, 1.82) is 0 Å². The number of carbonyl (C=O) groups excluding carboxylic acids is 2. The Bertz CT molecular complexity index is 1520. The number of aromatic nitrogens is 2. The summed E-state index contributed by atoms with van der Waals surface area (Å²) in [7, 11) is 1.31. The fourth-order valence-corrected chi connectivity index (χ4v) is 3.72. The molecule has 0 aliphatic rings. The largest absolute Gasteiger partial charge is 0.465 e. The molecule has 5 rings (SSSR count). The highest BCUT2D eigenvalue weighted by molar-refractivity contribution is 5.96. The molecule has 170 valence electrons. The van der Waals surface area contributed by atoms with E-state index in [0.717, 1.165) is 22.5 Å². The van der Waals surface area contributed by atoms with Gasteiger partial charge in [-0.1, -0.05) is 60.7 Å². The number of carbonyl (C=O) groups is 2. The highest BCUT2D eigenvalue weighted by Gasteiger charge is 2.16. The van der Waals surface area contributed by atoms with Gasteiger partial charge in [0.2, 0.25) is 0 Å². The summed E-state index contributed by atoms with van der Waals surface area (Å²) in [5.41, 5.74) is 5.35. The Labute approximate surface area is 201 Å². The van der Waals surface area contributed by atoms with Crippen molar-refractivity contribution in [1.82, 2.24) is 9.97 Å². The quantitative estimate of drug-likeness (QED) is 0.238. The third-order valence-corrected chi connectivity index (χ3v) is 5.48. The average Bonchev–Trinajstić information content (AvgIpc) is 2.93. The zero-order chi connectivity index (χ0) is 24.2. The zero-order valence-corrected chi connectivity index (χ0v) is 18.8. The van der Waals surface area contributed by atoms with E-state index in [1.807, 2.05) is 60.7 Å². The van der Waals surface area contributed by atoms with E-state index in [2.05, 4.69) is 4.74 Å². The van der Waals surface area contributed by atoms with Crippen LogP contribution in [0.5, 0.6) is 5.75 Å². The Hall–Kier alpha value is -4.84. The topological polar surface area (TPSA) is 78.4 Å². The van der Waals surface area contributed by atoms with E-state index in [1.54, 1.807) is 30.3 Å². The number of methoxy groups -OCH3 is 1. The van der Waals surface area contributed by atoms with Crippen molar-refractivity contribution in [2.24, 2.45) is 0 Å². The van der Waals surface area contributed by atoms with Crippen LogP contribution < -0.4 is 4.74 Å². The summed E-state index contributed by atoms with van der Waals surface area (Å²) in [4.78, 5) is 34.2. The average molecular weight is 460 g/mol. The van der Waals surface area contributed by atoms with E-state index in [-0.39, 0.29) is 0 Å². The number of ether oxygens (including phenoxy) is 2. The van der Waals surface area contributed by atoms with Gasteiger partial charge in [0.25, 0.3) is 0 Å². The molecule has 0 aliphatic heterocycles. The van der Waals surface area contributed by atoms with Crippen LogP contribution in [0.2, 0.25) is 0 Å². The second kappa shape index (κ2) is 9.57. The molecule has 0 atom stereocenters. The molecule has 35 heavy (non-hydrogen) atoms. The molecule has 0 radical (unpaired) electrons. The Balaban J connectivity index is 1.51. The second-order valence-electron chi connectivity index (χ2n) is 7.76. The van der Waals surface area contributed by atoms with Crippen LogP contribution in [0.15, 0.2) is 103 Å². The summed E-state index contributed by atoms with van der Waals surface area (Å²) in [5, 5.41) is 0. The first-order chi connectivity index (χ1) is 17.1. The minimum absolute atomic E-state index is 0.318. The van der Waals surface area contributed by atoms with E-state index < -0.39 is 11.9 Å². The fraction of sp³-hybridized carbons (Fsp3) is 0.0345. The molecule has 0 saturated carbocycles. The zero-order valence-electron chi connectivity index (χ0n) is 18.8. The molecule has 0 aliphatic carbocycles. The predicted molar refractivity (Wildman–Crippen MR) is 133 cm³/mol. The molecular weight excluding hydrogens is 440 g/mol. The number of hydrogen-bond donors (Lipinski definition) is 0. The van der Waals surface area contributed by atoms with Gasteiger partial charge >= 0.3 is 11.9 Å². The van der Waals surface area contributed by atoms with Gasteiger partial charge in [-0.05, 0) is 42.5 Å². The van der Waals surface area contributed by atoms with Crippen molar-refractivity contribution in [3.05, 3.63) is 114 Å². The summed E-state index contributed by atoms with van der Waals surface area (Å²) in [6.07, 6.45) is 0. The van der Waals surface area contributed by atoms with Crippen LogP contribution in [0, 0.1) is 0 Å². The molecule has 6 heteroatoms. The van der Waals surface area contributed by atoms with Crippen molar-refractivity contribution >= 4 is 23.0 Å². The van der Waals surface area contributed by atoms with Crippen LogP contribution in [0.25, 0.3) is 33.5 Å². The van der Waals surface area contributed by atoms with Crippen molar-refractivity contribution in [2.45, 2.75) is 0 Å². The van der Waals surface area contributed by atoms with Crippen molar-refractivity contribution in [3.8, 4) is 28.3 Å². The molecule has 0 spiro atoms. The molecule has 6 nitrogen and oxygen atoms in total. The molecule has 1 aromatic heterocycles. The fourth-order valence-electron chi connectivity index (χ4n) is 3.72. The summed E-state index contributed by atoms with van der Waals surface area (Å²) in [6.45, 7) is 0. The third kappa shape index (κ3) is 4.63. The van der Waals surface area contributed by atoms with Gasteiger partial charge in [-0.2, -0.15) is 0 Å². The van der Waals surface area contributed by atoms with Crippen molar-refractivity contribution < 1.29 is 19.1 Å². The molecule has 0 saturated heterocycles. The van der Waals surface area contributed by atoms with Crippen molar-refractivity contribution in [3.63, 3.8) is 0 Å². The molecule has 0 fully saturated rings. The Morgan fingerprint density at radius 3 is 1.71 bits per heavy atom. The van der Waals surface area contributed by atoms with Crippen LogP contribution >= 0.6 is 0 Å². The molecule has 1 heterocycles. The highest BCUT2D eigenvalue weighted by atomic mass is 16.5. The summed E-state index contributed by atoms with van der Waals surface area (Å²) >= 11 is 0. The minimum atomic E-state index is -0.534. The lowest BCUT2D eigenvalue weighted by molar-refractivity contribution is 0.0600. The van der Waals surface area contributed by atoms with Gasteiger partial charge < -0.3 is 9.47 Å². The molecule has 0 amide bonds. The van der Waals surface area contributed by atoms with Gasteiger partial charge in [-0.15, -0.1) is 0 Å². The summed E-state index contributed by atoms with van der Waals surface area (Å²) < 4.78 is 10.2. The van der Waals surface area contributed by atoms with E-state index in [4.69, 9.17) is 14.7 Å². The van der Waals surface area contributed by atoms with Crippen molar-refractivity contribution in [2.75, 3.05) is 7.11 Å². The van der Waals surface area contributed by atoms with E-state index >= 15 is 0 Å². The minimum Gasteiger partial charge on any atom is -0.465 e. The number of fused-ring (bicyclic) bond motifs is 1. The van der Waals surface area contributed by atoms with Crippen LogP contribution in [0.4, 0.5) is 0 Å². The maximum atomic E-state index is 12.8. The lowest BCUT2D eigenvalue weighted by atomic mass is 10.0. The molecule has 5 aromatic rings. The van der Waals surface area contributed by atoms with Gasteiger partial charge in [-0.3, -0.25) is 0 Å². The van der Waals surface area contributed by atoms with Crippen LogP contribution in [-0.2, 0) is 4.74 Å². The maximum Gasteiger partial charge on any atom is 0.343 e. The first kappa shape index (κ1) is 22.0. The Morgan fingerprint density at radius 1 is 0.600 bits per heavy atom. The van der Waals surface area contributed by atoms with Crippen LogP contribution in [-0.4, -0.2) is 29.0 Å². The molecule has 0 unspecified atom stereocenters. The van der Waals surface area contributed by atoms with Gasteiger partial charge in [0, 0.05) is 11.1 Å². The van der Waals surface area contributed by atoms with Gasteiger partial charge in [-0.25, -0.2) is 19.6 Å². The van der Waals surface area contributed by atoms with Gasteiger partial charge in [0.05, 0.1) is 40.7 Å². The molecule has 0 bridgehead atoms. The monoisotopic (exact) mass is 460 g/mol. The van der Waals surface area contributed by atoms with E-state index in [1.165, 1.54) is 19.2 Å². The first-order valence-electron chi connectivity index (χ1n) is 11.0. The van der Waals surface area contributed by atoms with Gasteiger partial charge in [0.15, 0.2) is 0 Å². The normalized spacial score (nSPS) is 10.7. The van der Waals surface area contributed by atoms with Crippen LogP contribution in [0.3, 0.4) is 0 Å². The summed E-state index contributed by atoms with van der Waals surface area (Å²) in [6, 6.07) is 31.0. The second-order valence-corrected chi connectivity index (χ2v) is 7.76. The smallest absolute Gasteiger partial charge is 0.343 e. The first-order valence-corrected chi connectivity index (χ1v) is 11.0. The number of nitrogens with zero attached hydrogens (tertiary/aromatic N) is 2. The lowest BCUT2D eigenvalue weighted by Crippen LogP contribution is -2.09. The number of benzene rings is 4. The predicted octanol–water partition coefficient (Wildman–Crippen LogP) is 5.97. The SMILES string of the molecule is COC(=O)c1ccc(OC(=O)c2ccc3nc(-c4ccccc4)c(-c4ccccc4)nc3c2)cc1. The third-order valence-electron chi connectivity index (χ3n) is 5.48. The highest BCUT2D eigenvalue weighted by Crippen LogP contribution is 2.31. The summed E-state index contributed by atoms with van der Waals surface area (Å²) in [5.74, 6) is -0.675. The Morgan fingerprint density at radius 2 is 1.14 bits per heavy atom. The maximum absolute atomic E-state index is 12.8. The molecule has 4 aromatic carbocycles. The Kier molecular flexibility index (Phi) is 6.01. The standard InChI is InChI=1S/C29H20N2O4/c1-34-28(32)21-12-15-23(16-13-21)35-29(33)22-14-17-24-25(18-22)31-27(20-10-6-3-7-11-20)26(30-24)19-8-4-2-5-9-19/h2-18H,1H3. The van der Waals surface area contributed by atoms with E-state index in [0.29, 0.717) is 27.9 Å². The number of rotatable bonds is 5. The lowest BCUT2D eigenvalue weighted by Gasteiger charge is -2.11. The van der Waals surface area contributed by atoms with Gasteiger partial charge in [0.1, 0.15) is 5.75 Å². The molecule has 0 N–H and O–H groups in total. The van der Waals surface area contributed by atoms with Crippen LogP contribution in [0.1, 0.15) is 20.7 Å². The number of hydrogen-bond acceptors (Lipinski definition) is 6.